The van der Waals surface area contributed by atoms with Crippen molar-refractivity contribution in [2.24, 2.45) is 11.5 Å². The molecule has 1 saturated heterocycles. The molecule has 146 valence electrons. The van der Waals surface area contributed by atoms with Crippen LogP contribution in [0.5, 0.6) is 0 Å². The SMILES string of the molecule is CC1(C)CC(OCCCCCC(O)/C=C/C(N)=C/N)CC(C)(C)N1O. The summed E-state index contributed by atoms with van der Waals surface area (Å²) in [6.07, 6.45) is 9.57. The van der Waals surface area contributed by atoms with Gasteiger partial charge in [-0.15, -0.1) is 0 Å². The molecule has 0 aromatic rings. The van der Waals surface area contributed by atoms with Crippen molar-refractivity contribution in [3.63, 3.8) is 0 Å². The van der Waals surface area contributed by atoms with Crippen LogP contribution < -0.4 is 11.5 Å². The Hall–Kier alpha value is -1.08. The highest BCUT2D eigenvalue weighted by Crippen LogP contribution is 2.37. The van der Waals surface area contributed by atoms with Crippen molar-refractivity contribution in [1.82, 2.24) is 5.06 Å². The van der Waals surface area contributed by atoms with Crippen LogP contribution in [0.15, 0.2) is 24.0 Å². The maximum Gasteiger partial charge on any atom is 0.0724 e. The number of aliphatic hydroxyl groups excluding tert-OH is 1. The largest absolute Gasteiger partial charge is 0.403 e. The zero-order valence-corrected chi connectivity index (χ0v) is 16.2. The second-order valence-corrected chi connectivity index (χ2v) is 8.28. The van der Waals surface area contributed by atoms with Crippen molar-refractivity contribution in [2.75, 3.05) is 6.61 Å². The lowest BCUT2D eigenvalue weighted by atomic mass is 9.80. The number of piperidine rings is 1. The zero-order chi connectivity index (χ0) is 19.1. The molecule has 0 aliphatic carbocycles. The molecule has 1 rings (SSSR count). The number of nitrogens with zero attached hydrogens (tertiary/aromatic N) is 1. The van der Waals surface area contributed by atoms with Crippen LogP contribution in [0.4, 0.5) is 0 Å². The predicted molar refractivity (Wildman–Crippen MR) is 101 cm³/mol. The summed E-state index contributed by atoms with van der Waals surface area (Å²) in [4.78, 5) is 0. The summed E-state index contributed by atoms with van der Waals surface area (Å²) >= 11 is 0. The van der Waals surface area contributed by atoms with Crippen molar-refractivity contribution >= 4 is 0 Å². The standard InChI is InChI=1S/C19H37N3O3/c1-18(2)12-17(13-19(3,4)22(18)24)25-11-7-5-6-8-16(23)10-9-15(21)14-20/h9-10,14,16-17,23-24H,5-8,11-13,20-21H2,1-4H3/b10-9+,15-14-. The minimum Gasteiger partial charge on any atom is -0.403 e. The number of hydrogen-bond donors (Lipinski definition) is 4. The highest BCUT2D eigenvalue weighted by atomic mass is 16.5. The van der Waals surface area contributed by atoms with E-state index in [1.54, 1.807) is 12.2 Å². The maximum atomic E-state index is 10.3. The zero-order valence-electron chi connectivity index (χ0n) is 16.2. The third-order valence-corrected chi connectivity index (χ3v) is 4.80. The number of rotatable bonds is 9. The normalized spacial score (nSPS) is 23.2. The van der Waals surface area contributed by atoms with E-state index in [1.807, 2.05) is 27.7 Å². The van der Waals surface area contributed by atoms with Crippen LogP contribution in [0.25, 0.3) is 0 Å². The van der Waals surface area contributed by atoms with Crippen LogP contribution >= 0.6 is 0 Å². The van der Waals surface area contributed by atoms with Crippen LogP contribution in [0.2, 0.25) is 0 Å². The van der Waals surface area contributed by atoms with Crippen molar-refractivity contribution in [2.45, 2.75) is 89.5 Å². The molecule has 0 spiro atoms. The average molecular weight is 356 g/mol. The Morgan fingerprint density at radius 2 is 1.80 bits per heavy atom. The first kappa shape index (κ1) is 22.0. The van der Waals surface area contributed by atoms with Gasteiger partial charge >= 0.3 is 0 Å². The van der Waals surface area contributed by atoms with E-state index in [4.69, 9.17) is 16.2 Å². The highest BCUT2D eigenvalue weighted by molar-refractivity contribution is 5.14. The van der Waals surface area contributed by atoms with E-state index in [-0.39, 0.29) is 17.2 Å². The molecule has 0 saturated carbocycles. The Morgan fingerprint density at radius 3 is 2.36 bits per heavy atom. The van der Waals surface area contributed by atoms with Gasteiger partial charge in [-0.25, -0.2) is 0 Å². The van der Waals surface area contributed by atoms with Gasteiger partial charge in [-0.05, 0) is 59.5 Å². The van der Waals surface area contributed by atoms with Gasteiger partial charge in [0.2, 0.25) is 0 Å². The lowest BCUT2D eigenvalue weighted by Crippen LogP contribution is -2.60. The maximum absolute atomic E-state index is 10.3. The topological polar surface area (TPSA) is 105 Å². The van der Waals surface area contributed by atoms with Gasteiger partial charge in [0.1, 0.15) is 0 Å². The van der Waals surface area contributed by atoms with Crippen LogP contribution in [0.3, 0.4) is 0 Å². The summed E-state index contributed by atoms with van der Waals surface area (Å²) in [7, 11) is 0. The number of hydrogen-bond acceptors (Lipinski definition) is 6. The van der Waals surface area contributed by atoms with Crippen LogP contribution in [-0.2, 0) is 4.74 Å². The lowest BCUT2D eigenvalue weighted by Gasteiger charge is -2.51. The van der Waals surface area contributed by atoms with Gasteiger partial charge in [0.25, 0.3) is 0 Å². The Labute approximate surface area is 152 Å². The van der Waals surface area contributed by atoms with Gasteiger partial charge in [0.15, 0.2) is 0 Å². The molecule has 6 N–H and O–H groups in total. The Balaban J connectivity index is 2.21. The molecule has 1 atom stereocenters. The summed E-state index contributed by atoms with van der Waals surface area (Å²) < 4.78 is 6.05. The summed E-state index contributed by atoms with van der Waals surface area (Å²) in [6, 6.07) is 0. The minimum absolute atomic E-state index is 0.174. The van der Waals surface area contributed by atoms with Crippen molar-refractivity contribution in [1.29, 1.82) is 0 Å². The van der Waals surface area contributed by atoms with Gasteiger partial charge in [0, 0.05) is 29.6 Å². The molecule has 1 fully saturated rings. The molecule has 0 bridgehead atoms. The fourth-order valence-corrected chi connectivity index (χ4v) is 3.55. The van der Waals surface area contributed by atoms with E-state index in [1.165, 1.54) is 11.3 Å². The second kappa shape index (κ2) is 9.57. The number of allylic oxidation sites excluding steroid dienone is 1. The van der Waals surface area contributed by atoms with E-state index in [2.05, 4.69) is 0 Å². The number of ether oxygens (including phenoxy) is 1. The third kappa shape index (κ3) is 7.36. The molecule has 0 amide bonds. The number of hydroxylamine groups is 2. The molecule has 25 heavy (non-hydrogen) atoms. The van der Waals surface area contributed by atoms with Crippen LogP contribution in [0, 0.1) is 0 Å². The van der Waals surface area contributed by atoms with E-state index in [9.17, 15) is 10.3 Å². The number of nitrogens with two attached hydrogens (primary N) is 2. The fraction of sp³-hybridized carbons (Fsp3) is 0.789. The van der Waals surface area contributed by atoms with E-state index in [0.717, 1.165) is 38.7 Å². The van der Waals surface area contributed by atoms with Gasteiger partial charge in [-0.2, -0.15) is 5.06 Å². The summed E-state index contributed by atoms with van der Waals surface area (Å²) in [5.74, 6) is 0. The molecular formula is C19H37N3O3. The molecule has 1 aliphatic rings. The van der Waals surface area contributed by atoms with Crippen LogP contribution in [-0.4, -0.2) is 45.3 Å². The minimum atomic E-state index is -0.491. The summed E-state index contributed by atoms with van der Waals surface area (Å²) in [6.45, 7) is 8.91. The molecule has 1 unspecified atom stereocenters. The molecular weight excluding hydrogens is 318 g/mol. The summed E-state index contributed by atoms with van der Waals surface area (Å²) in [5.41, 5.74) is 10.7. The summed E-state index contributed by atoms with van der Waals surface area (Å²) in [5, 5.41) is 21.6. The lowest BCUT2D eigenvalue weighted by molar-refractivity contribution is -0.261. The Morgan fingerprint density at radius 1 is 1.20 bits per heavy atom. The highest BCUT2D eigenvalue weighted by Gasteiger charge is 2.45. The van der Waals surface area contributed by atoms with Gasteiger partial charge in [-0.3, -0.25) is 0 Å². The van der Waals surface area contributed by atoms with E-state index in [0.29, 0.717) is 12.1 Å². The van der Waals surface area contributed by atoms with Crippen molar-refractivity contribution in [3.05, 3.63) is 24.0 Å². The monoisotopic (exact) mass is 355 g/mol. The molecule has 6 heteroatoms. The first-order valence-electron chi connectivity index (χ1n) is 9.23. The van der Waals surface area contributed by atoms with Gasteiger partial charge in [0.05, 0.1) is 12.2 Å². The molecule has 0 aromatic heterocycles. The van der Waals surface area contributed by atoms with Gasteiger partial charge in [-0.1, -0.05) is 18.9 Å². The fourth-order valence-electron chi connectivity index (χ4n) is 3.55. The smallest absolute Gasteiger partial charge is 0.0724 e. The Bertz CT molecular complexity index is 443. The molecule has 0 aromatic carbocycles. The average Bonchev–Trinajstić information content (AvgIpc) is 2.52. The first-order valence-corrected chi connectivity index (χ1v) is 9.23. The quantitative estimate of drug-likeness (QED) is 0.374. The van der Waals surface area contributed by atoms with Crippen molar-refractivity contribution < 1.29 is 15.1 Å². The number of unbranched alkanes of at least 4 members (excludes halogenated alkanes) is 2. The number of aliphatic hydroxyl groups is 1. The molecule has 0 radical (unpaired) electrons. The third-order valence-electron chi connectivity index (χ3n) is 4.80. The van der Waals surface area contributed by atoms with E-state index >= 15 is 0 Å². The molecule has 1 heterocycles. The van der Waals surface area contributed by atoms with E-state index < -0.39 is 6.10 Å². The van der Waals surface area contributed by atoms with Gasteiger partial charge < -0.3 is 26.5 Å². The predicted octanol–water partition coefficient (Wildman–Crippen LogP) is 2.65. The molecule has 1 aliphatic heterocycles. The first-order chi connectivity index (χ1) is 11.6. The molecule has 6 nitrogen and oxygen atoms in total. The Kier molecular flexibility index (Phi) is 8.41. The second-order valence-electron chi connectivity index (χ2n) is 8.28. The van der Waals surface area contributed by atoms with Crippen LogP contribution in [0.1, 0.15) is 66.2 Å². The van der Waals surface area contributed by atoms with Crippen molar-refractivity contribution in [3.8, 4) is 0 Å².